The maximum absolute atomic E-state index is 13.6. The lowest BCUT2D eigenvalue weighted by Crippen LogP contribution is -2.46. The summed E-state index contributed by atoms with van der Waals surface area (Å²) >= 11 is 0. The van der Waals surface area contributed by atoms with Crippen LogP contribution in [-0.4, -0.2) is 60.4 Å². The molecule has 0 fully saturated rings. The van der Waals surface area contributed by atoms with Crippen molar-refractivity contribution in [3.8, 4) is 22.6 Å². The van der Waals surface area contributed by atoms with Gasteiger partial charge in [-0.15, -0.1) is 0 Å². The van der Waals surface area contributed by atoms with Crippen molar-refractivity contribution in [1.29, 1.82) is 0 Å². The Bertz CT molecular complexity index is 2170. The molecule has 0 heterocycles. The second-order valence-electron chi connectivity index (χ2n) is 13.6. The van der Waals surface area contributed by atoms with Crippen molar-refractivity contribution in [2.75, 3.05) is 25.1 Å². The second kappa shape index (κ2) is 17.9. The smallest absolute Gasteiger partial charge is 0.407 e. The van der Waals surface area contributed by atoms with Crippen LogP contribution >= 0.6 is 0 Å². The van der Waals surface area contributed by atoms with Gasteiger partial charge in [0.1, 0.15) is 29.7 Å². The van der Waals surface area contributed by atoms with Gasteiger partial charge in [-0.25, -0.2) is 9.59 Å². The fourth-order valence-corrected chi connectivity index (χ4v) is 5.91. The van der Waals surface area contributed by atoms with Crippen molar-refractivity contribution in [3.63, 3.8) is 0 Å². The van der Waals surface area contributed by atoms with Gasteiger partial charge in [-0.05, 0) is 92.4 Å². The molecule has 5 rings (SSSR count). The SMILES string of the molecule is C/C=C/COc1ccc2ccccc2c1-c1c(OCC(=O)N[C@H](CCCNC(=O)OC(C)(C)C)C(=O)Nc2cccc(C(=O)O)c2)ccc2ccccc12. The van der Waals surface area contributed by atoms with Crippen LogP contribution in [0.25, 0.3) is 32.7 Å². The lowest BCUT2D eigenvalue weighted by molar-refractivity contribution is -0.128. The first-order valence-corrected chi connectivity index (χ1v) is 17.7. The van der Waals surface area contributed by atoms with E-state index in [1.54, 1.807) is 26.8 Å². The van der Waals surface area contributed by atoms with E-state index in [2.05, 4.69) is 16.0 Å². The number of anilines is 1. The first-order chi connectivity index (χ1) is 25.9. The molecule has 0 saturated heterocycles. The monoisotopic (exact) mass is 731 g/mol. The van der Waals surface area contributed by atoms with Crippen molar-refractivity contribution in [2.24, 2.45) is 0 Å². The molecule has 5 aromatic rings. The summed E-state index contributed by atoms with van der Waals surface area (Å²) < 4.78 is 17.8. The van der Waals surface area contributed by atoms with E-state index in [1.165, 1.54) is 18.2 Å². The summed E-state index contributed by atoms with van der Waals surface area (Å²) in [4.78, 5) is 50.8. The van der Waals surface area contributed by atoms with Gasteiger partial charge in [0, 0.05) is 23.4 Å². The van der Waals surface area contributed by atoms with Crippen LogP contribution in [-0.2, 0) is 14.3 Å². The Morgan fingerprint density at radius 3 is 2.04 bits per heavy atom. The quantitative estimate of drug-likeness (QED) is 0.0623. The van der Waals surface area contributed by atoms with Gasteiger partial charge < -0.3 is 35.3 Å². The van der Waals surface area contributed by atoms with Crippen LogP contribution in [0.5, 0.6) is 11.5 Å². The number of fused-ring (bicyclic) bond motifs is 2. The molecule has 0 radical (unpaired) electrons. The van der Waals surface area contributed by atoms with Crippen LogP contribution in [0.2, 0.25) is 0 Å². The third kappa shape index (κ3) is 10.4. The standard InChI is InChI=1S/C43H45N3O8/c1-5-6-25-52-35-22-20-28-13-7-9-17-32(28)38(35)39-33-18-10-8-14-29(33)21-23-36(39)53-27-37(47)46-34(19-12-24-44-42(51)54-43(2,3)4)40(48)45-31-16-11-15-30(26-31)41(49)50/h5-11,13-18,20-23,26,34H,12,19,24-25,27H2,1-4H3,(H,44,51)(H,45,48)(H,46,47)(H,49,50)/b6-5+/t34-/m1/s1. The predicted octanol–water partition coefficient (Wildman–Crippen LogP) is 8.12. The highest BCUT2D eigenvalue weighted by molar-refractivity contribution is 6.10. The Morgan fingerprint density at radius 1 is 0.796 bits per heavy atom. The van der Waals surface area contributed by atoms with E-state index in [9.17, 15) is 24.3 Å². The number of aromatic carboxylic acids is 1. The molecule has 0 spiro atoms. The second-order valence-corrected chi connectivity index (χ2v) is 13.6. The largest absolute Gasteiger partial charge is 0.489 e. The fourth-order valence-electron chi connectivity index (χ4n) is 5.91. The average Bonchev–Trinajstić information content (AvgIpc) is 3.14. The molecule has 0 aliphatic heterocycles. The van der Waals surface area contributed by atoms with Crippen molar-refractivity contribution in [1.82, 2.24) is 10.6 Å². The molecule has 11 nitrogen and oxygen atoms in total. The topological polar surface area (TPSA) is 152 Å². The van der Waals surface area contributed by atoms with Gasteiger partial charge in [-0.3, -0.25) is 9.59 Å². The number of hydrogen-bond donors (Lipinski definition) is 4. The molecule has 280 valence electrons. The molecule has 54 heavy (non-hydrogen) atoms. The van der Waals surface area contributed by atoms with Crippen LogP contribution in [0.4, 0.5) is 10.5 Å². The van der Waals surface area contributed by atoms with E-state index in [4.69, 9.17) is 14.2 Å². The third-order valence-electron chi connectivity index (χ3n) is 8.33. The normalized spacial score (nSPS) is 11.9. The maximum Gasteiger partial charge on any atom is 0.407 e. The highest BCUT2D eigenvalue weighted by Gasteiger charge is 2.24. The zero-order valence-corrected chi connectivity index (χ0v) is 30.8. The summed E-state index contributed by atoms with van der Waals surface area (Å²) in [5.74, 6) is -1.16. The highest BCUT2D eigenvalue weighted by atomic mass is 16.6. The van der Waals surface area contributed by atoms with Crippen molar-refractivity contribution in [3.05, 3.63) is 115 Å². The molecule has 5 aromatic carbocycles. The fraction of sp³-hybridized carbons (Fsp3) is 0.256. The summed E-state index contributed by atoms with van der Waals surface area (Å²) in [7, 11) is 0. The minimum atomic E-state index is -1.14. The summed E-state index contributed by atoms with van der Waals surface area (Å²) in [6.45, 7) is 7.32. The number of carbonyl (C=O) groups is 4. The van der Waals surface area contributed by atoms with E-state index in [-0.39, 0.29) is 24.2 Å². The molecule has 0 aliphatic carbocycles. The number of carbonyl (C=O) groups excluding carboxylic acids is 3. The number of carboxylic acids is 1. The summed E-state index contributed by atoms with van der Waals surface area (Å²) in [5, 5.41) is 21.4. The molecule has 0 saturated carbocycles. The van der Waals surface area contributed by atoms with Gasteiger partial charge >= 0.3 is 12.1 Å². The molecule has 1 atom stereocenters. The average molecular weight is 732 g/mol. The Morgan fingerprint density at radius 2 is 1.43 bits per heavy atom. The summed E-state index contributed by atoms with van der Waals surface area (Å²) in [5.41, 5.74) is 1.16. The van der Waals surface area contributed by atoms with Gasteiger partial charge in [0.2, 0.25) is 5.91 Å². The van der Waals surface area contributed by atoms with Crippen LogP contribution in [0.1, 0.15) is 50.9 Å². The Kier molecular flexibility index (Phi) is 12.9. The number of benzene rings is 5. The van der Waals surface area contributed by atoms with Gasteiger partial charge in [0.05, 0.1) is 5.56 Å². The lowest BCUT2D eigenvalue weighted by Gasteiger charge is -2.21. The van der Waals surface area contributed by atoms with Crippen molar-refractivity contribution >= 4 is 51.1 Å². The molecule has 0 aliphatic rings. The molecule has 3 amide bonds. The Balaban J connectivity index is 1.40. The van der Waals surface area contributed by atoms with Crippen LogP contribution in [0, 0.1) is 0 Å². The molecule has 11 heteroatoms. The highest BCUT2D eigenvalue weighted by Crippen LogP contribution is 2.45. The van der Waals surface area contributed by atoms with Crippen molar-refractivity contribution in [2.45, 2.75) is 52.2 Å². The lowest BCUT2D eigenvalue weighted by atomic mass is 9.92. The first-order valence-electron chi connectivity index (χ1n) is 17.7. The van der Waals surface area contributed by atoms with Gasteiger partial charge in [0.25, 0.3) is 5.91 Å². The summed E-state index contributed by atoms with van der Waals surface area (Å²) in [6, 6.07) is 28.4. The molecular formula is C43H45N3O8. The predicted molar refractivity (Wildman–Crippen MR) is 210 cm³/mol. The van der Waals surface area contributed by atoms with E-state index < -0.39 is 42.1 Å². The number of amides is 3. The van der Waals surface area contributed by atoms with E-state index in [1.807, 2.05) is 91.9 Å². The number of hydrogen-bond acceptors (Lipinski definition) is 7. The van der Waals surface area contributed by atoms with E-state index in [0.717, 1.165) is 32.7 Å². The first kappa shape index (κ1) is 38.9. The Hall–Kier alpha value is -6.36. The zero-order valence-electron chi connectivity index (χ0n) is 30.8. The Labute approximate surface area is 314 Å². The van der Waals surface area contributed by atoms with Crippen molar-refractivity contribution < 1.29 is 38.5 Å². The zero-order chi connectivity index (χ0) is 38.7. The van der Waals surface area contributed by atoms with Gasteiger partial charge in [-0.2, -0.15) is 0 Å². The third-order valence-corrected chi connectivity index (χ3v) is 8.33. The number of alkyl carbamates (subject to hydrolysis) is 1. The number of rotatable bonds is 15. The minimum absolute atomic E-state index is 0.00360. The van der Waals surface area contributed by atoms with Crippen LogP contribution < -0.4 is 25.4 Å². The molecular weight excluding hydrogens is 686 g/mol. The van der Waals surface area contributed by atoms with Gasteiger partial charge in [-0.1, -0.05) is 78.9 Å². The summed E-state index contributed by atoms with van der Waals surface area (Å²) in [6.07, 6.45) is 3.71. The van der Waals surface area contributed by atoms with Gasteiger partial charge in [0.15, 0.2) is 6.61 Å². The molecule has 0 bridgehead atoms. The van der Waals surface area contributed by atoms with E-state index in [0.29, 0.717) is 24.5 Å². The van der Waals surface area contributed by atoms with E-state index >= 15 is 0 Å². The van der Waals surface area contributed by atoms with Crippen LogP contribution in [0.3, 0.4) is 0 Å². The number of allylic oxidation sites excluding steroid dienone is 1. The molecule has 4 N–H and O–H groups in total. The molecule has 0 aromatic heterocycles. The maximum atomic E-state index is 13.6. The number of nitrogens with one attached hydrogen (secondary N) is 3. The minimum Gasteiger partial charge on any atom is -0.489 e. The molecule has 0 unspecified atom stereocenters. The number of carboxylic acid groups (broad SMARTS) is 1. The number of ether oxygens (including phenoxy) is 3. The van der Waals surface area contributed by atoms with Crippen LogP contribution in [0.15, 0.2) is 109 Å².